The van der Waals surface area contributed by atoms with Crippen LogP contribution >= 0.6 is 0 Å². The Morgan fingerprint density at radius 3 is 2.63 bits per heavy atom. The van der Waals surface area contributed by atoms with Crippen molar-refractivity contribution in [2.45, 2.75) is 38.8 Å². The molecule has 106 valence electrons. The summed E-state index contributed by atoms with van der Waals surface area (Å²) in [4.78, 5) is 11.7. The minimum atomic E-state index is -0.549. The number of aliphatic hydroxyl groups is 1. The molecular weight excluding hydrogens is 244 g/mol. The average molecular weight is 266 g/mol. The van der Waals surface area contributed by atoms with Crippen LogP contribution in [-0.4, -0.2) is 23.4 Å². The maximum Gasteiger partial charge on any atom is 0.412 e. The summed E-state index contributed by atoms with van der Waals surface area (Å²) in [5.41, 5.74) is 6.80. The number of carbonyl (C=O) groups excluding carboxylic acids is 1. The summed E-state index contributed by atoms with van der Waals surface area (Å²) in [6.45, 7) is 5.41. The van der Waals surface area contributed by atoms with Gasteiger partial charge in [-0.05, 0) is 38.8 Å². The van der Waals surface area contributed by atoms with Gasteiger partial charge in [0, 0.05) is 18.3 Å². The Balaban J connectivity index is 2.81. The van der Waals surface area contributed by atoms with Gasteiger partial charge in [0.05, 0.1) is 0 Å². The van der Waals surface area contributed by atoms with Gasteiger partial charge >= 0.3 is 6.09 Å². The van der Waals surface area contributed by atoms with Gasteiger partial charge < -0.3 is 15.6 Å². The highest BCUT2D eigenvalue weighted by atomic mass is 16.6. The topological polar surface area (TPSA) is 84.6 Å². The molecule has 0 aliphatic carbocycles. The Morgan fingerprint density at radius 1 is 1.42 bits per heavy atom. The standard InChI is InChI=1S/C14H22N2O3/c1-14(2,3)19-13(18)16-12-7-5-4-6-10(12)11(15)8-9-17/h4-7,11,17H,8-9,15H2,1-3H3,(H,16,18). The van der Waals surface area contributed by atoms with Gasteiger partial charge in [0.2, 0.25) is 0 Å². The summed E-state index contributed by atoms with van der Waals surface area (Å²) in [5.74, 6) is 0. The predicted molar refractivity (Wildman–Crippen MR) is 74.9 cm³/mol. The summed E-state index contributed by atoms with van der Waals surface area (Å²) < 4.78 is 5.20. The number of anilines is 1. The highest BCUT2D eigenvalue weighted by Gasteiger charge is 2.18. The highest BCUT2D eigenvalue weighted by Crippen LogP contribution is 2.23. The van der Waals surface area contributed by atoms with Crippen LogP contribution in [0.1, 0.15) is 38.8 Å². The van der Waals surface area contributed by atoms with Gasteiger partial charge in [-0.3, -0.25) is 5.32 Å². The van der Waals surface area contributed by atoms with Crippen molar-refractivity contribution in [3.63, 3.8) is 0 Å². The van der Waals surface area contributed by atoms with Gasteiger partial charge in [0.1, 0.15) is 5.60 Å². The zero-order valence-corrected chi connectivity index (χ0v) is 11.6. The third-order valence-corrected chi connectivity index (χ3v) is 2.44. The molecule has 0 radical (unpaired) electrons. The fraction of sp³-hybridized carbons (Fsp3) is 0.500. The second-order valence-corrected chi connectivity index (χ2v) is 5.33. The molecule has 0 aliphatic rings. The monoisotopic (exact) mass is 266 g/mol. The fourth-order valence-electron chi connectivity index (χ4n) is 1.64. The third-order valence-electron chi connectivity index (χ3n) is 2.44. The number of para-hydroxylation sites is 1. The molecule has 1 atom stereocenters. The van der Waals surface area contributed by atoms with Crippen LogP contribution in [0.5, 0.6) is 0 Å². The lowest BCUT2D eigenvalue weighted by Crippen LogP contribution is -2.28. The number of rotatable bonds is 4. The van der Waals surface area contributed by atoms with E-state index in [9.17, 15) is 4.79 Å². The van der Waals surface area contributed by atoms with Crippen LogP contribution in [0.25, 0.3) is 0 Å². The van der Waals surface area contributed by atoms with Crippen LogP contribution in [0.4, 0.5) is 10.5 Å². The molecule has 0 fully saturated rings. The molecule has 1 aromatic rings. The molecule has 0 saturated heterocycles. The van der Waals surface area contributed by atoms with E-state index >= 15 is 0 Å². The van der Waals surface area contributed by atoms with E-state index < -0.39 is 11.7 Å². The third kappa shape index (κ3) is 5.28. The molecule has 0 aromatic heterocycles. The van der Waals surface area contributed by atoms with E-state index in [1.165, 1.54) is 0 Å². The fourth-order valence-corrected chi connectivity index (χ4v) is 1.64. The van der Waals surface area contributed by atoms with Gasteiger partial charge in [-0.1, -0.05) is 18.2 Å². The Kier molecular flexibility index (Phi) is 5.32. The first-order chi connectivity index (χ1) is 8.83. The van der Waals surface area contributed by atoms with Crippen LogP contribution in [0, 0.1) is 0 Å². The number of aliphatic hydroxyl groups excluding tert-OH is 1. The lowest BCUT2D eigenvalue weighted by atomic mass is 10.0. The summed E-state index contributed by atoms with van der Waals surface area (Å²) in [6, 6.07) is 6.91. The van der Waals surface area contributed by atoms with Gasteiger partial charge in [0.25, 0.3) is 0 Å². The maximum atomic E-state index is 11.7. The van der Waals surface area contributed by atoms with Crippen molar-refractivity contribution in [2.75, 3.05) is 11.9 Å². The first-order valence-electron chi connectivity index (χ1n) is 6.29. The molecule has 1 amide bonds. The lowest BCUT2D eigenvalue weighted by Gasteiger charge is -2.21. The molecule has 0 aliphatic heterocycles. The van der Waals surface area contributed by atoms with Crippen molar-refractivity contribution in [2.24, 2.45) is 5.73 Å². The van der Waals surface area contributed by atoms with Crippen molar-refractivity contribution in [3.8, 4) is 0 Å². The molecule has 19 heavy (non-hydrogen) atoms. The van der Waals surface area contributed by atoms with E-state index in [1.807, 2.05) is 18.2 Å². The SMILES string of the molecule is CC(C)(C)OC(=O)Nc1ccccc1C(N)CCO. The average Bonchev–Trinajstić information content (AvgIpc) is 2.27. The maximum absolute atomic E-state index is 11.7. The molecule has 1 aromatic carbocycles. The molecule has 5 nitrogen and oxygen atoms in total. The number of ether oxygens (including phenoxy) is 1. The summed E-state index contributed by atoms with van der Waals surface area (Å²) in [7, 11) is 0. The summed E-state index contributed by atoms with van der Waals surface area (Å²) in [6.07, 6.45) is -0.0799. The highest BCUT2D eigenvalue weighted by molar-refractivity contribution is 5.86. The number of nitrogens with one attached hydrogen (secondary N) is 1. The Labute approximate surface area is 113 Å². The summed E-state index contributed by atoms with van der Waals surface area (Å²) >= 11 is 0. The normalized spacial score (nSPS) is 12.9. The Morgan fingerprint density at radius 2 is 2.05 bits per heavy atom. The molecule has 1 rings (SSSR count). The van der Waals surface area contributed by atoms with E-state index in [-0.39, 0.29) is 12.6 Å². The zero-order valence-electron chi connectivity index (χ0n) is 11.6. The van der Waals surface area contributed by atoms with E-state index in [4.69, 9.17) is 15.6 Å². The van der Waals surface area contributed by atoms with E-state index in [0.29, 0.717) is 12.1 Å². The van der Waals surface area contributed by atoms with Crippen LogP contribution in [0.3, 0.4) is 0 Å². The quantitative estimate of drug-likeness (QED) is 0.781. The molecule has 0 heterocycles. The van der Waals surface area contributed by atoms with Crippen molar-refractivity contribution >= 4 is 11.8 Å². The minimum Gasteiger partial charge on any atom is -0.444 e. The van der Waals surface area contributed by atoms with Crippen molar-refractivity contribution in [1.82, 2.24) is 0 Å². The second-order valence-electron chi connectivity index (χ2n) is 5.33. The van der Waals surface area contributed by atoms with Crippen molar-refractivity contribution in [3.05, 3.63) is 29.8 Å². The molecule has 0 saturated carbocycles. The van der Waals surface area contributed by atoms with Gasteiger partial charge in [-0.15, -0.1) is 0 Å². The number of carbonyl (C=O) groups is 1. The van der Waals surface area contributed by atoms with Crippen molar-refractivity contribution < 1.29 is 14.6 Å². The number of hydrogen-bond acceptors (Lipinski definition) is 4. The van der Waals surface area contributed by atoms with Crippen LogP contribution in [0.2, 0.25) is 0 Å². The zero-order chi connectivity index (χ0) is 14.5. The predicted octanol–water partition coefficient (Wildman–Crippen LogP) is 2.42. The molecule has 5 heteroatoms. The minimum absolute atomic E-state index is 0.00192. The van der Waals surface area contributed by atoms with Gasteiger partial charge in [-0.2, -0.15) is 0 Å². The van der Waals surface area contributed by atoms with E-state index in [2.05, 4.69) is 5.32 Å². The largest absolute Gasteiger partial charge is 0.444 e. The van der Waals surface area contributed by atoms with Gasteiger partial charge in [-0.25, -0.2) is 4.79 Å². The molecule has 0 bridgehead atoms. The molecular formula is C14H22N2O3. The number of benzene rings is 1. The number of hydrogen-bond donors (Lipinski definition) is 3. The van der Waals surface area contributed by atoms with E-state index in [1.54, 1.807) is 26.8 Å². The second kappa shape index (κ2) is 6.54. The first kappa shape index (κ1) is 15.5. The van der Waals surface area contributed by atoms with Crippen molar-refractivity contribution in [1.29, 1.82) is 0 Å². The molecule has 4 N–H and O–H groups in total. The van der Waals surface area contributed by atoms with E-state index in [0.717, 1.165) is 5.56 Å². The number of nitrogens with two attached hydrogens (primary N) is 1. The van der Waals surface area contributed by atoms with Crippen LogP contribution in [0.15, 0.2) is 24.3 Å². The van der Waals surface area contributed by atoms with Crippen LogP contribution in [-0.2, 0) is 4.74 Å². The van der Waals surface area contributed by atoms with Gasteiger partial charge in [0.15, 0.2) is 0 Å². The summed E-state index contributed by atoms with van der Waals surface area (Å²) in [5, 5.41) is 11.6. The Hall–Kier alpha value is -1.59. The molecule has 0 spiro atoms. The smallest absolute Gasteiger partial charge is 0.412 e. The lowest BCUT2D eigenvalue weighted by molar-refractivity contribution is 0.0636. The number of amides is 1. The van der Waals surface area contributed by atoms with Crippen LogP contribution < -0.4 is 11.1 Å². The molecule has 1 unspecified atom stereocenters. The Bertz CT molecular complexity index is 427. The first-order valence-corrected chi connectivity index (χ1v) is 6.29.